The summed E-state index contributed by atoms with van der Waals surface area (Å²) < 4.78 is 30.1. The van der Waals surface area contributed by atoms with E-state index >= 15 is 0 Å². The number of nitrogens with two attached hydrogens (primary N) is 1. The highest BCUT2D eigenvalue weighted by Gasteiger charge is 2.20. The molecule has 0 aliphatic carbocycles. The van der Waals surface area contributed by atoms with Crippen LogP contribution in [0.4, 0.5) is 14.5 Å². The molecule has 0 heterocycles. The van der Waals surface area contributed by atoms with Crippen LogP contribution in [0.25, 0.3) is 0 Å². The molecular weight excluding hydrogens is 220 g/mol. The van der Waals surface area contributed by atoms with Gasteiger partial charge < -0.3 is 10.5 Å². The van der Waals surface area contributed by atoms with Gasteiger partial charge in [-0.3, -0.25) is 4.79 Å². The van der Waals surface area contributed by atoms with Crippen LogP contribution >= 0.6 is 0 Å². The minimum atomic E-state index is -1.28. The van der Waals surface area contributed by atoms with Gasteiger partial charge in [0, 0.05) is 5.56 Å². The van der Waals surface area contributed by atoms with Crippen LogP contribution in [0.2, 0.25) is 0 Å². The van der Waals surface area contributed by atoms with Crippen molar-refractivity contribution in [1.29, 1.82) is 0 Å². The van der Waals surface area contributed by atoms with Crippen molar-refractivity contribution in [3.63, 3.8) is 0 Å². The first-order valence-electron chi connectivity index (χ1n) is 4.43. The van der Waals surface area contributed by atoms with E-state index in [9.17, 15) is 18.4 Å². The van der Waals surface area contributed by atoms with Crippen LogP contribution in [-0.2, 0) is 9.53 Å². The van der Waals surface area contributed by atoms with Gasteiger partial charge in [-0.1, -0.05) is 0 Å². The Morgan fingerprint density at radius 3 is 2.50 bits per heavy atom. The summed E-state index contributed by atoms with van der Waals surface area (Å²) in [6.07, 6.45) is 0. The molecule has 0 radical (unpaired) electrons. The average molecular weight is 229 g/mol. The van der Waals surface area contributed by atoms with Gasteiger partial charge in [0.05, 0.1) is 12.3 Å². The van der Waals surface area contributed by atoms with Crippen molar-refractivity contribution in [1.82, 2.24) is 0 Å². The van der Waals surface area contributed by atoms with Crippen LogP contribution in [0.3, 0.4) is 0 Å². The first-order chi connectivity index (χ1) is 7.47. The second kappa shape index (κ2) is 4.69. The third-order valence-electron chi connectivity index (χ3n) is 1.78. The molecule has 0 saturated heterocycles. The van der Waals surface area contributed by atoms with E-state index in [1.165, 1.54) is 6.92 Å². The molecule has 1 rings (SSSR count). The van der Waals surface area contributed by atoms with Gasteiger partial charge in [0.2, 0.25) is 0 Å². The number of ketones is 1. The molecule has 0 atom stereocenters. The van der Waals surface area contributed by atoms with Crippen LogP contribution < -0.4 is 5.73 Å². The van der Waals surface area contributed by atoms with E-state index in [1.807, 2.05) is 0 Å². The summed E-state index contributed by atoms with van der Waals surface area (Å²) in [5.41, 5.74) is 4.24. The van der Waals surface area contributed by atoms with Crippen molar-refractivity contribution in [2.45, 2.75) is 6.92 Å². The van der Waals surface area contributed by atoms with Crippen molar-refractivity contribution >= 4 is 17.4 Å². The standard InChI is InChI=1S/C10H9F2NO3/c1-2-16-10(15)9(14)5-3-6(11)8(12)7(13)4-5/h3-4H,2,13H2,1H3. The summed E-state index contributed by atoms with van der Waals surface area (Å²) in [6.45, 7) is 1.54. The lowest BCUT2D eigenvalue weighted by Crippen LogP contribution is -2.18. The van der Waals surface area contributed by atoms with E-state index in [0.717, 1.165) is 6.07 Å². The number of hydrogen-bond donors (Lipinski definition) is 1. The molecule has 6 heteroatoms. The normalized spacial score (nSPS) is 9.94. The van der Waals surface area contributed by atoms with Crippen molar-refractivity contribution < 1.29 is 23.1 Å². The van der Waals surface area contributed by atoms with Crippen LogP contribution in [0, 0.1) is 11.6 Å². The number of Topliss-reactive ketones (excluding diaryl/α,β-unsaturated/α-hetero) is 1. The van der Waals surface area contributed by atoms with Gasteiger partial charge in [-0.05, 0) is 19.1 Å². The molecule has 1 aromatic rings. The first-order valence-corrected chi connectivity index (χ1v) is 4.43. The van der Waals surface area contributed by atoms with E-state index < -0.39 is 29.1 Å². The Labute approximate surface area is 90.0 Å². The third-order valence-corrected chi connectivity index (χ3v) is 1.78. The molecular formula is C10H9F2NO3. The van der Waals surface area contributed by atoms with Gasteiger partial charge in [0.1, 0.15) is 0 Å². The van der Waals surface area contributed by atoms with Crippen LogP contribution in [-0.4, -0.2) is 18.4 Å². The topological polar surface area (TPSA) is 69.4 Å². The molecule has 0 aliphatic heterocycles. The smallest absolute Gasteiger partial charge is 0.379 e. The number of carbonyl (C=O) groups is 2. The fraction of sp³-hybridized carbons (Fsp3) is 0.200. The molecule has 0 aromatic heterocycles. The second-order valence-electron chi connectivity index (χ2n) is 2.91. The Morgan fingerprint density at radius 1 is 1.38 bits per heavy atom. The molecule has 0 bridgehead atoms. The Kier molecular flexibility index (Phi) is 3.55. The molecule has 0 aliphatic rings. The monoisotopic (exact) mass is 229 g/mol. The molecule has 0 amide bonds. The fourth-order valence-electron chi connectivity index (χ4n) is 1.06. The molecule has 0 unspecified atom stereocenters. The minimum Gasteiger partial charge on any atom is -0.460 e. The Balaban J connectivity index is 3.06. The average Bonchev–Trinajstić information content (AvgIpc) is 2.24. The second-order valence-corrected chi connectivity index (χ2v) is 2.91. The number of hydrogen-bond acceptors (Lipinski definition) is 4. The molecule has 86 valence electrons. The number of esters is 1. The van der Waals surface area contributed by atoms with Crippen molar-refractivity contribution in [2.75, 3.05) is 12.3 Å². The van der Waals surface area contributed by atoms with E-state index in [4.69, 9.17) is 5.73 Å². The van der Waals surface area contributed by atoms with E-state index in [2.05, 4.69) is 4.74 Å². The maximum absolute atomic E-state index is 12.9. The van der Waals surface area contributed by atoms with Crippen molar-refractivity contribution in [3.05, 3.63) is 29.3 Å². The van der Waals surface area contributed by atoms with Crippen molar-refractivity contribution in [3.8, 4) is 0 Å². The van der Waals surface area contributed by atoms with E-state index in [1.54, 1.807) is 0 Å². The zero-order valence-corrected chi connectivity index (χ0v) is 8.42. The summed E-state index contributed by atoms with van der Waals surface area (Å²) in [5, 5.41) is 0. The lowest BCUT2D eigenvalue weighted by molar-refractivity contribution is -0.137. The number of benzene rings is 1. The summed E-state index contributed by atoms with van der Waals surface area (Å²) in [4.78, 5) is 22.4. The van der Waals surface area contributed by atoms with Crippen LogP contribution in [0.15, 0.2) is 12.1 Å². The third kappa shape index (κ3) is 2.33. The summed E-state index contributed by atoms with van der Waals surface area (Å²) in [7, 11) is 0. The van der Waals surface area contributed by atoms with Gasteiger partial charge >= 0.3 is 5.97 Å². The quantitative estimate of drug-likeness (QED) is 0.367. The van der Waals surface area contributed by atoms with Gasteiger partial charge in [0.25, 0.3) is 5.78 Å². The predicted octanol–water partition coefficient (Wildman–Crippen LogP) is 1.29. The predicted molar refractivity (Wildman–Crippen MR) is 51.7 cm³/mol. The number of rotatable bonds is 3. The lowest BCUT2D eigenvalue weighted by atomic mass is 10.1. The molecule has 2 N–H and O–H groups in total. The fourth-order valence-corrected chi connectivity index (χ4v) is 1.06. The maximum Gasteiger partial charge on any atom is 0.379 e. The van der Waals surface area contributed by atoms with Gasteiger partial charge in [-0.15, -0.1) is 0 Å². The Bertz CT molecular complexity index is 423. The van der Waals surface area contributed by atoms with Gasteiger partial charge in [-0.25, -0.2) is 13.6 Å². The molecule has 4 nitrogen and oxygen atoms in total. The van der Waals surface area contributed by atoms with Crippen molar-refractivity contribution in [2.24, 2.45) is 0 Å². The molecule has 0 fully saturated rings. The zero-order chi connectivity index (χ0) is 12.3. The molecule has 0 saturated carbocycles. The molecule has 0 spiro atoms. The molecule has 1 aromatic carbocycles. The van der Waals surface area contributed by atoms with E-state index in [0.29, 0.717) is 6.07 Å². The number of carbonyl (C=O) groups excluding carboxylic acids is 2. The number of anilines is 1. The Morgan fingerprint density at radius 2 is 2.00 bits per heavy atom. The number of halogens is 2. The summed E-state index contributed by atoms with van der Waals surface area (Å²) >= 11 is 0. The highest BCUT2D eigenvalue weighted by Crippen LogP contribution is 2.17. The van der Waals surface area contributed by atoms with Crippen LogP contribution in [0.5, 0.6) is 0 Å². The zero-order valence-electron chi connectivity index (χ0n) is 8.42. The maximum atomic E-state index is 12.9. The largest absolute Gasteiger partial charge is 0.460 e. The Hall–Kier alpha value is -1.98. The summed E-state index contributed by atoms with van der Waals surface area (Å²) in [5.74, 6) is -4.73. The van der Waals surface area contributed by atoms with Gasteiger partial charge in [0.15, 0.2) is 11.6 Å². The SMILES string of the molecule is CCOC(=O)C(=O)c1cc(N)c(F)c(F)c1. The molecule has 16 heavy (non-hydrogen) atoms. The highest BCUT2D eigenvalue weighted by molar-refractivity contribution is 6.40. The lowest BCUT2D eigenvalue weighted by Gasteiger charge is -2.03. The van der Waals surface area contributed by atoms with E-state index in [-0.39, 0.29) is 12.2 Å². The minimum absolute atomic E-state index is 0.0176. The number of nitrogen functional groups attached to an aromatic ring is 1. The van der Waals surface area contributed by atoms with Crippen LogP contribution in [0.1, 0.15) is 17.3 Å². The number of ether oxygens (including phenoxy) is 1. The summed E-state index contributed by atoms with van der Waals surface area (Å²) in [6, 6.07) is 1.49. The van der Waals surface area contributed by atoms with Gasteiger partial charge in [-0.2, -0.15) is 0 Å². The first kappa shape index (κ1) is 12.1. The highest BCUT2D eigenvalue weighted by atomic mass is 19.2.